The summed E-state index contributed by atoms with van der Waals surface area (Å²) < 4.78 is 60.5. The molecule has 18 heavy (non-hydrogen) atoms. The van der Waals surface area contributed by atoms with Crippen LogP contribution in [0.3, 0.4) is 0 Å². The molecule has 0 unspecified atom stereocenters. The van der Waals surface area contributed by atoms with E-state index in [1.165, 1.54) is 18.2 Å². The number of hydrogen-bond acceptors (Lipinski definition) is 2. The van der Waals surface area contributed by atoms with E-state index >= 15 is 0 Å². The molecule has 1 aromatic rings. The fourth-order valence-electron chi connectivity index (χ4n) is 1.06. The van der Waals surface area contributed by atoms with Gasteiger partial charge >= 0.3 is 5.51 Å². The van der Waals surface area contributed by atoms with Gasteiger partial charge in [0.25, 0.3) is 0 Å². The summed E-state index contributed by atoms with van der Waals surface area (Å²) in [4.78, 5) is 0. The third-order valence-electron chi connectivity index (χ3n) is 2.00. The van der Waals surface area contributed by atoms with Gasteiger partial charge in [-0.25, -0.2) is 8.42 Å². The molecular formula is C11H9F3NO2S-. The number of benzene rings is 1. The van der Waals surface area contributed by atoms with Gasteiger partial charge in [-0.3, -0.25) is 0 Å². The molecule has 0 spiro atoms. The van der Waals surface area contributed by atoms with Crippen LogP contribution >= 0.6 is 0 Å². The van der Waals surface area contributed by atoms with Gasteiger partial charge < -0.3 is 4.72 Å². The smallest absolute Gasteiger partial charge is 0.483 e. The van der Waals surface area contributed by atoms with E-state index in [0.29, 0.717) is 0 Å². The quantitative estimate of drug-likeness (QED) is 0.844. The first kappa shape index (κ1) is 14.3. The Balaban J connectivity index is 2.93. The monoisotopic (exact) mass is 276 g/mol. The molecule has 0 N–H and O–H groups in total. The first-order valence-corrected chi connectivity index (χ1v) is 6.07. The van der Waals surface area contributed by atoms with Gasteiger partial charge in [0.15, 0.2) is 10.0 Å². The lowest BCUT2D eigenvalue weighted by atomic mass is 10.1. The van der Waals surface area contributed by atoms with E-state index in [1.54, 1.807) is 12.1 Å². The van der Waals surface area contributed by atoms with Gasteiger partial charge in [-0.05, 0) is 11.1 Å². The fraction of sp³-hybridized carbons (Fsp3) is 0.0909. The highest BCUT2D eigenvalue weighted by Crippen LogP contribution is 2.33. The van der Waals surface area contributed by atoms with Crippen LogP contribution in [0.25, 0.3) is 16.5 Å². The van der Waals surface area contributed by atoms with Crippen molar-refractivity contribution in [2.75, 3.05) is 0 Å². The maximum atomic E-state index is 12.1. The Labute approximate surface area is 103 Å². The van der Waals surface area contributed by atoms with E-state index in [-0.39, 0.29) is 5.56 Å². The van der Waals surface area contributed by atoms with Crippen LogP contribution in [0.4, 0.5) is 13.2 Å². The molecule has 7 heteroatoms. The summed E-state index contributed by atoms with van der Waals surface area (Å²) in [5.74, 6) is 0. The van der Waals surface area contributed by atoms with Crippen LogP contribution in [0.5, 0.6) is 0 Å². The highest BCUT2D eigenvalue weighted by molar-refractivity contribution is 7.95. The van der Waals surface area contributed by atoms with Crippen molar-refractivity contribution in [2.45, 2.75) is 5.51 Å². The number of rotatable bonds is 4. The van der Waals surface area contributed by atoms with E-state index in [4.69, 9.17) is 0 Å². The first-order valence-electron chi connectivity index (χ1n) is 4.63. The van der Waals surface area contributed by atoms with Crippen LogP contribution in [0.1, 0.15) is 11.1 Å². The van der Waals surface area contributed by atoms with Crippen LogP contribution in [0, 0.1) is 0 Å². The Hall–Kier alpha value is -1.76. The second-order valence-corrected chi connectivity index (χ2v) is 4.88. The fourth-order valence-corrected chi connectivity index (χ4v) is 1.56. The minimum atomic E-state index is -5.56. The van der Waals surface area contributed by atoms with Crippen molar-refractivity contribution in [1.29, 1.82) is 0 Å². The topological polar surface area (TPSA) is 48.2 Å². The molecule has 1 rings (SSSR count). The molecule has 0 aliphatic heterocycles. The zero-order valence-corrected chi connectivity index (χ0v) is 9.92. The van der Waals surface area contributed by atoms with Gasteiger partial charge in [-0.15, -0.1) is 12.3 Å². The van der Waals surface area contributed by atoms with Gasteiger partial charge in [0.05, 0.1) is 0 Å². The van der Waals surface area contributed by atoms with Crippen molar-refractivity contribution in [3.05, 3.63) is 53.3 Å². The zero-order chi connectivity index (χ0) is 14.0. The number of alkyl halides is 3. The molecule has 0 saturated carbocycles. The van der Waals surface area contributed by atoms with Gasteiger partial charge in [-0.2, -0.15) is 13.2 Å². The van der Waals surface area contributed by atoms with Crippen LogP contribution in [-0.2, 0) is 10.0 Å². The Morgan fingerprint density at radius 1 is 1.22 bits per heavy atom. The zero-order valence-electron chi connectivity index (χ0n) is 9.11. The van der Waals surface area contributed by atoms with Crippen molar-refractivity contribution in [2.24, 2.45) is 0 Å². The molecule has 1 aromatic carbocycles. The lowest BCUT2D eigenvalue weighted by molar-refractivity contribution is -0.0425. The Morgan fingerprint density at radius 3 is 2.11 bits per heavy atom. The molecule has 0 aliphatic carbocycles. The number of sulfonamides is 1. The van der Waals surface area contributed by atoms with Gasteiger partial charge in [-0.1, -0.05) is 36.9 Å². The lowest BCUT2D eigenvalue weighted by Crippen LogP contribution is -2.21. The normalized spacial score (nSPS) is 11.9. The van der Waals surface area contributed by atoms with Crippen LogP contribution in [-0.4, -0.2) is 13.9 Å². The Bertz CT molecular complexity index is 559. The number of halogens is 3. The summed E-state index contributed by atoms with van der Waals surface area (Å²) >= 11 is 0. The molecule has 0 saturated heterocycles. The van der Waals surface area contributed by atoms with Gasteiger partial charge in [0, 0.05) is 0 Å². The van der Waals surface area contributed by atoms with Crippen molar-refractivity contribution in [3.8, 4) is 0 Å². The second kappa shape index (κ2) is 4.85. The summed E-state index contributed by atoms with van der Waals surface area (Å²) in [6.45, 7) is 6.71. The average Bonchev–Trinajstić information content (AvgIpc) is 2.27. The molecule has 0 amide bonds. The van der Waals surface area contributed by atoms with Crippen LogP contribution < -0.4 is 0 Å². The Morgan fingerprint density at radius 2 is 1.72 bits per heavy atom. The second-order valence-electron chi connectivity index (χ2n) is 3.28. The summed E-state index contributed by atoms with van der Waals surface area (Å²) in [6, 6.07) is 5.94. The maximum absolute atomic E-state index is 12.1. The lowest BCUT2D eigenvalue weighted by Gasteiger charge is -2.25. The van der Waals surface area contributed by atoms with Crippen molar-refractivity contribution in [1.82, 2.24) is 0 Å². The van der Waals surface area contributed by atoms with E-state index in [2.05, 4.69) is 17.9 Å². The standard InChI is InChI=1S/C11H9F3NO2S/c1-3-9-4-6-10(7-5-9)8(2)15-18(16,17)11(12,13)14/h3-7H,1-2H2/q-1. The third kappa shape index (κ3) is 3.13. The van der Waals surface area contributed by atoms with Crippen LogP contribution in [0.15, 0.2) is 37.4 Å². The molecule has 0 atom stereocenters. The largest absolute Gasteiger partial charge is 0.569 e. The molecule has 0 aromatic heterocycles. The predicted octanol–water partition coefficient (Wildman–Crippen LogP) is 3.52. The highest BCUT2D eigenvalue weighted by Gasteiger charge is 2.39. The summed E-state index contributed by atoms with van der Waals surface area (Å²) in [6.07, 6.45) is 1.54. The predicted molar refractivity (Wildman–Crippen MR) is 63.9 cm³/mol. The SMILES string of the molecule is C=Cc1ccc(C(=C)[N-]S(=O)(=O)C(F)(F)F)cc1. The number of hydrogen-bond donors (Lipinski definition) is 0. The molecule has 98 valence electrons. The summed E-state index contributed by atoms with van der Waals surface area (Å²) in [5, 5.41) is 0. The third-order valence-corrected chi connectivity index (χ3v) is 3.05. The van der Waals surface area contributed by atoms with Gasteiger partial charge in [0.2, 0.25) is 0 Å². The molecule has 0 radical (unpaired) electrons. The highest BCUT2D eigenvalue weighted by atomic mass is 32.2. The molecule has 3 nitrogen and oxygen atoms in total. The van der Waals surface area contributed by atoms with E-state index < -0.39 is 21.2 Å². The van der Waals surface area contributed by atoms with Crippen molar-refractivity contribution < 1.29 is 21.6 Å². The van der Waals surface area contributed by atoms with E-state index in [1.807, 2.05) is 0 Å². The summed E-state index contributed by atoms with van der Waals surface area (Å²) in [7, 11) is -5.56. The van der Waals surface area contributed by atoms with Gasteiger partial charge in [0.1, 0.15) is 0 Å². The van der Waals surface area contributed by atoms with Crippen molar-refractivity contribution >= 4 is 21.8 Å². The van der Waals surface area contributed by atoms with E-state index in [9.17, 15) is 21.6 Å². The minimum absolute atomic E-state index is 0.188. The molecule has 0 heterocycles. The van der Waals surface area contributed by atoms with E-state index in [0.717, 1.165) is 5.56 Å². The summed E-state index contributed by atoms with van der Waals surface area (Å²) in [5.41, 5.74) is -4.96. The average molecular weight is 276 g/mol. The maximum Gasteiger partial charge on any atom is 0.483 e. The Kier molecular flexibility index (Phi) is 3.85. The minimum Gasteiger partial charge on any atom is -0.569 e. The molecule has 0 bridgehead atoms. The first-order chi connectivity index (χ1) is 8.17. The molecule has 0 fully saturated rings. The molecular weight excluding hydrogens is 267 g/mol. The molecule has 0 aliphatic rings. The number of nitrogens with zero attached hydrogens (tertiary/aromatic N) is 1. The van der Waals surface area contributed by atoms with Crippen molar-refractivity contribution in [3.63, 3.8) is 0 Å². The van der Waals surface area contributed by atoms with Crippen LogP contribution in [0.2, 0.25) is 0 Å².